The van der Waals surface area contributed by atoms with Gasteiger partial charge in [0.1, 0.15) is 5.75 Å². The van der Waals surface area contributed by atoms with Crippen LogP contribution in [0, 0.1) is 0 Å². The lowest BCUT2D eigenvalue weighted by Gasteiger charge is -2.25. The van der Waals surface area contributed by atoms with E-state index in [9.17, 15) is 0 Å². The summed E-state index contributed by atoms with van der Waals surface area (Å²) in [4.78, 5) is 0. The largest absolute Gasteiger partial charge is 0.497 e. The van der Waals surface area contributed by atoms with Crippen LogP contribution in [0.2, 0.25) is 5.02 Å². The molecule has 2 aromatic carbocycles. The number of alkyl halides is 1. The number of methoxy groups -OCH3 is 1. The monoisotopic (exact) mass is 322 g/mol. The molecule has 1 unspecified atom stereocenters. The second-order valence-electron chi connectivity index (χ2n) is 6.09. The van der Waals surface area contributed by atoms with Crippen molar-refractivity contribution in [3.05, 3.63) is 64.2 Å². The summed E-state index contributed by atoms with van der Waals surface area (Å²) in [6.45, 7) is 6.56. The van der Waals surface area contributed by atoms with Crippen LogP contribution in [0.5, 0.6) is 5.75 Å². The highest BCUT2D eigenvalue weighted by atomic mass is 35.5. The van der Waals surface area contributed by atoms with Crippen molar-refractivity contribution < 1.29 is 4.74 Å². The van der Waals surface area contributed by atoms with Crippen molar-refractivity contribution in [1.82, 2.24) is 0 Å². The van der Waals surface area contributed by atoms with E-state index in [4.69, 9.17) is 27.9 Å². The zero-order chi connectivity index (χ0) is 15.6. The first kappa shape index (κ1) is 16.2. The molecule has 1 atom stereocenters. The molecule has 0 N–H and O–H groups in total. The average molecular weight is 323 g/mol. The Morgan fingerprint density at radius 2 is 1.67 bits per heavy atom. The molecule has 0 saturated heterocycles. The van der Waals surface area contributed by atoms with Gasteiger partial charge in [-0.05, 0) is 34.2 Å². The summed E-state index contributed by atoms with van der Waals surface area (Å²) in [5, 5.41) is 0.344. The topological polar surface area (TPSA) is 9.23 Å². The van der Waals surface area contributed by atoms with Gasteiger partial charge in [-0.1, -0.05) is 62.7 Å². The molecule has 2 aromatic rings. The van der Waals surface area contributed by atoms with Crippen molar-refractivity contribution in [2.45, 2.75) is 31.6 Å². The lowest BCUT2D eigenvalue weighted by molar-refractivity contribution is 0.414. The Morgan fingerprint density at radius 3 is 2.24 bits per heavy atom. The molecular formula is C18H20Cl2O. The van der Waals surface area contributed by atoms with Gasteiger partial charge in [0.25, 0.3) is 0 Å². The van der Waals surface area contributed by atoms with E-state index in [1.54, 1.807) is 13.2 Å². The molecular weight excluding hydrogens is 303 g/mol. The maximum Gasteiger partial charge on any atom is 0.120 e. The molecule has 0 saturated carbocycles. The van der Waals surface area contributed by atoms with E-state index in [0.717, 1.165) is 16.9 Å². The molecule has 21 heavy (non-hydrogen) atoms. The minimum atomic E-state index is -0.279. The fourth-order valence-corrected chi connectivity index (χ4v) is 3.12. The van der Waals surface area contributed by atoms with Crippen LogP contribution in [0.25, 0.3) is 0 Å². The van der Waals surface area contributed by atoms with Crippen LogP contribution in [0.1, 0.15) is 42.8 Å². The maximum absolute atomic E-state index is 6.72. The summed E-state index contributed by atoms with van der Waals surface area (Å²) < 4.78 is 5.19. The van der Waals surface area contributed by atoms with Crippen LogP contribution in [0.4, 0.5) is 0 Å². The molecule has 1 nitrogen and oxygen atoms in total. The van der Waals surface area contributed by atoms with Crippen molar-refractivity contribution in [2.24, 2.45) is 0 Å². The number of halogens is 2. The van der Waals surface area contributed by atoms with Crippen LogP contribution in [0.15, 0.2) is 42.5 Å². The van der Waals surface area contributed by atoms with Crippen molar-refractivity contribution in [3.8, 4) is 5.75 Å². The Morgan fingerprint density at radius 1 is 1.00 bits per heavy atom. The quantitative estimate of drug-likeness (QED) is 0.632. The summed E-state index contributed by atoms with van der Waals surface area (Å²) in [6, 6.07) is 13.9. The molecule has 0 spiro atoms. The van der Waals surface area contributed by atoms with Crippen molar-refractivity contribution in [3.63, 3.8) is 0 Å². The third-order valence-corrected chi connectivity index (χ3v) is 4.32. The fourth-order valence-electron chi connectivity index (χ4n) is 2.41. The summed E-state index contributed by atoms with van der Waals surface area (Å²) in [7, 11) is 1.62. The average Bonchev–Trinajstić information content (AvgIpc) is 2.45. The highest BCUT2D eigenvalue weighted by molar-refractivity contribution is 6.33. The number of rotatable bonds is 3. The first-order valence-electron chi connectivity index (χ1n) is 6.91. The SMILES string of the molecule is COc1ccc(C(Cl)c2ccccc2C(C)(C)C)c(Cl)c1. The van der Waals surface area contributed by atoms with Crippen LogP contribution < -0.4 is 4.74 Å². The third kappa shape index (κ3) is 3.53. The highest BCUT2D eigenvalue weighted by Crippen LogP contribution is 2.39. The Labute approximate surface area is 136 Å². The zero-order valence-electron chi connectivity index (χ0n) is 12.8. The fraction of sp³-hybridized carbons (Fsp3) is 0.333. The van der Waals surface area contributed by atoms with E-state index >= 15 is 0 Å². The predicted molar refractivity (Wildman–Crippen MR) is 90.8 cm³/mol. The van der Waals surface area contributed by atoms with Gasteiger partial charge in [-0.3, -0.25) is 0 Å². The van der Waals surface area contributed by atoms with E-state index in [1.807, 2.05) is 24.3 Å². The molecule has 0 radical (unpaired) electrons. The van der Waals surface area contributed by atoms with E-state index in [1.165, 1.54) is 5.56 Å². The van der Waals surface area contributed by atoms with Gasteiger partial charge in [-0.2, -0.15) is 0 Å². The molecule has 0 aliphatic carbocycles. The molecule has 0 bridgehead atoms. The lowest BCUT2D eigenvalue weighted by atomic mass is 9.82. The smallest absolute Gasteiger partial charge is 0.120 e. The molecule has 2 rings (SSSR count). The molecule has 0 aliphatic heterocycles. The van der Waals surface area contributed by atoms with Gasteiger partial charge in [0, 0.05) is 5.02 Å². The number of hydrogen-bond acceptors (Lipinski definition) is 1. The van der Waals surface area contributed by atoms with Crippen molar-refractivity contribution in [1.29, 1.82) is 0 Å². The predicted octanol–water partition coefficient (Wildman–Crippen LogP) is 5.97. The molecule has 0 aromatic heterocycles. The van der Waals surface area contributed by atoms with Crippen molar-refractivity contribution >= 4 is 23.2 Å². The van der Waals surface area contributed by atoms with Gasteiger partial charge >= 0.3 is 0 Å². The summed E-state index contributed by atoms with van der Waals surface area (Å²) >= 11 is 13.1. The standard InChI is InChI=1S/C18H20Cl2O/c1-18(2,3)15-8-6-5-7-13(15)17(20)14-10-9-12(21-4)11-16(14)19/h5-11,17H,1-4H3. The molecule has 0 heterocycles. The van der Waals surface area contributed by atoms with Gasteiger partial charge in [-0.15, -0.1) is 11.6 Å². The molecule has 112 valence electrons. The number of hydrogen-bond donors (Lipinski definition) is 0. The van der Waals surface area contributed by atoms with E-state index in [2.05, 4.69) is 32.9 Å². The summed E-state index contributed by atoms with van der Waals surface area (Å²) in [5.74, 6) is 0.733. The Balaban J connectivity index is 2.48. The second kappa shape index (κ2) is 6.29. The maximum atomic E-state index is 6.72. The Kier molecular flexibility index (Phi) is 4.85. The van der Waals surface area contributed by atoms with E-state index < -0.39 is 0 Å². The Bertz CT molecular complexity index is 629. The zero-order valence-corrected chi connectivity index (χ0v) is 14.3. The minimum Gasteiger partial charge on any atom is -0.497 e. The number of ether oxygens (including phenoxy) is 1. The van der Waals surface area contributed by atoms with E-state index in [0.29, 0.717) is 5.02 Å². The van der Waals surface area contributed by atoms with E-state index in [-0.39, 0.29) is 10.8 Å². The van der Waals surface area contributed by atoms with Gasteiger partial charge in [-0.25, -0.2) is 0 Å². The molecule has 0 fully saturated rings. The van der Waals surface area contributed by atoms with Gasteiger partial charge in [0.15, 0.2) is 0 Å². The summed E-state index contributed by atoms with van der Waals surface area (Å²) in [5.41, 5.74) is 3.26. The number of benzene rings is 2. The van der Waals surface area contributed by atoms with Gasteiger partial charge in [0.2, 0.25) is 0 Å². The Hall–Kier alpha value is -1.18. The van der Waals surface area contributed by atoms with Crippen LogP contribution >= 0.6 is 23.2 Å². The van der Waals surface area contributed by atoms with Crippen LogP contribution in [0.3, 0.4) is 0 Å². The lowest BCUT2D eigenvalue weighted by Crippen LogP contribution is -2.15. The molecule has 0 amide bonds. The van der Waals surface area contributed by atoms with Crippen LogP contribution in [-0.4, -0.2) is 7.11 Å². The molecule has 3 heteroatoms. The minimum absolute atomic E-state index is 0.0304. The third-order valence-electron chi connectivity index (χ3n) is 3.52. The van der Waals surface area contributed by atoms with Gasteiger partial charge in [0.05, 0.1) is 12.5 Å². The highest BCUT2D eigenvalue weighted by Gasteiger charge is 2.23. The van der Waals surface area contributed by atoms with Crippen molar-refractivity contribution in [2.75, 3.05) is 7.11 Å². The molecule has 0 aliphatic rings. The summed E-state index contributed by atoms with van der Waals surface area (Å²) in [6.07, 6.45) is 0. The van der Waals surface area contributed by atoms with Crippen LogP contribution in [-0.2, 0) is 5.41 Å². The second-order valence-corrected chi connectivity index (χ2v) is 6.93. The first-order chi connectivity index (χ1) is 9.84. The normalized spacial score (nSPS) is 13.0. The first-order valence-corrected chi connectivity index (χ1v) is 7.73. The van der Waals surface area contributed by atoms with Gasteiger partial charge < -0.3 is 4.74 Å².